The molecule has 0 aliphatic carbocycles. The Morgan fingerprint density at radius 2 is 2.03 bits per heavy atom. The fourth-order valence-corrected chi connectivity index (χ4v) is 4.61. The molecular formula is C24H28F3N7O5. The first-order valence-corrected chi connectivity index (χ1v) is 12.4. The van der Waals surface area contributed by atoms with Crippen LogP contribution in [0.1, 0.15) is 37.7 Å². The highest BCUT2D eigenvalue weighted by atomic mass is 19.4. The first-order chi connectivity index (χ1) is 18.4. The van der Waals surface area contributed by atoms with Crippen molar-refractivity contribution in [2.45, 2.75) is 57.3 Å². The molecule has 2 aromatic heterocycles. The van der Waals surface area contributed by atoms with Crippen LogP contribution >= 0.6 is 0 Å². The molecule has 0 aromatic carbocycles. The minimum Gasteiger partial charge on any atom is -0.474 e. The summed E-state index contributed by atoms with van der Waals surface area (Å²) in [7, 11) is 0. The quantitative estimate of drug-likeness (QED) is 0.556. The maximum Gasteiger partial charge on any atom is 0.408 e. The summed E-state index contributed by atoms with van der Waals surface area (Å²) in [4.78, 5) is 33.5. The lowest BCUT2D eigenvalue weighted by Gasteiger charge is -2.35. The Morgan fingerprint density at radius 1 is 1.23 bits per heavy atom. The van der Waals surface area contributed by atoms with Gasteiger partial charge in [0.1, 0.15) is 24.4 Å². The van der Waals surface area contributed by atoms with Crippen LogP contribution in [-0.2, 0) is 9.47 Å². The summed E-state index contributed by atoms with van der Waals surface area (Å²) < 4.78 is 55.5. The van der Waals surface area contributed by atoms with E-state index >= 15 is 0 Å². The fraction of sp³-hybridized carbons (Fsp3) is 0.542. The van der Waals surface area contributed by atoms with E-state index in [0.717, 1.165) is 6.92 Å². The highest BCUT2D eigenvalue weighted by Crippen LogP contribution is 2.39. The van der Waals surface area contributed by atoms with Crippen molar-refractivity contribution >= 4 is 29.3 Å². The van der Waals surface area contributed by atoms with E-state index in [1.165, 1.54) is 17.0 Å². The molecule has 3 aliphatic rings. The molecule has 210 valence electrons. The van der Waals surface area contributed by atoms with Gasteiger partial charge in [0.05, 0.1) is 18.3 Å². The second-order valence-corrected chi connectivity index (χ2v) is 9.98. The lowest BCUT2D eigenvalue weighted by atomic mass is 10.1. The minimum absolute atomic E-state index is 0.156. The average Bonchev–Trinajstić information content (AvgIpc) is 3.45. The maximum atomic E-state index is 13.3. The maximum absolute atomic E-state index is 13.3. The molecule has 5 heterocycles. The number of alkyl halides is 3. The molecule has 0 radical (unpaired) electrons. The van der Waals surface area contributed by atoms with Gasteiger partial charge in [-0.25, -0.2) is 9.78 Å². The van der Waals surface area contributed by atoms with Crippen molar-refractivity contribution in [3.05, 3.63) is 30.0 Å². The summed E-state index contributed by atoms with van der Waals surface area (Å²) in [6.07, 6.45) is -4.20. The molecule has 2 fully saturated rings. The average molecular weight is 552 g/mol. The van der Waals surface area contributed by atoms with E-state index in [-0.39, 0.29) is 42.0 Å². The number of anilines is 3. The molecule has 3 amide bonds. The number of ether oxygens (including phenoxy) is 3. The number of nitrogens with zero attached hydrogens (tertiary/aromatic N) is 5. The third-order valence-electron chi connectivity index (χ3n) is 6.60. The van der Waals surface area contributed by atoms with Crippen molar-refractivity contribution in [1.29, 1.82) is 0 Å². The van der Waals surface area contributed by atoms with Crippen molar-refractivity contribution in [3.63, 3.8) is 0 Å². The normalized spacial score (nSPS) is 22.3. The van der Waals surface area contributed by atoms with Crippen molar-refractivity contribution in [3.8, 4) is 5.88 Å². The summed E-state index contributed by atoms with van der Waals surface area (Å²) in [6, 6.07) is 3.15. The molecule has 0 spiro atoms. The summed E-state index contributed by atoms with van der Waals surface area (Å²) in [5.74, 6) is -1.08. The third kappa shape index (κ3) is 5.83. The van der Waals surface area contributed by atoms with Gasteiger partial charge in [0.25, 0.3) is 5.91 Å². The molecule has 2 aromatic rings. The van der Waals surface area contributed by atoms with Crippen LogP contribution in [0.25, 0.3) is 0 Å². The first-order valence-electron chi connectivity index (χ1n) is 12.4. The zero-order valence-electron chi connectivity index (χ0n) is 21.5. The van der Waals surface area contributed by atoms with E-state index in [0.29, 0.717) is 31.8 Å². The zero-order chi connectivity index (χ0) is 27.9. The molecule has 3 atom stereocenters. The number of hydrogen-bond donors (Lipinski definition) is 2. The largest absolute Gasteiger partial charge is 0.474 e. The monoisotopic (exact) mass is 551 g/mol. The van der Waals surface area contributed by atoms with Gasteiger partial charge in [-0.15, -0.1) is 10.2 Å². The van der Waals surface area contributed by atoms with Crippen molar-refractivity contribution in [1.82, 2.24) is 20.5 Å². The number of halogens is 3. The van der Waals surface area contributed by atoms with Crippen molar-refractivity contribution in [2.75, 3.05) is 41.4 Å². The number of hydrogen-bond acceptors (Lipinski definition) is 9. The van der Waals surface area contributed by atoms with Crippen molar-refractivity contribution in [2.24, 2.45) is 0 Å². The molecule has 5 rings (SSSR count). The summed E-state index contributed by atoms with van der Waals surface area (Å²) in [5.41, 5.74) is 0.377. The van der Waals surface area contributed by atoms with E-state index in [4.69, 9.17) is 14.2 Å². The SMILES string of the molecule is C[C@@H](NC(=O)c1ccc2c(n1)N(C(=O)Nc1ccc(OC[C@H]3COC(C)(C)O3)nn1)[C@H]1CCN2C1)C(F)(F)F. The predicted molar refractivity (Wildman–Crippen MR) is 132 cm³/mol. The van der Waals surface area contributed by atoms with Crippen LogP contribution in [0.15, 0.2) is 24.3 Å². The van der Waals surface area contributed by atoms with Gasteiger partial charge in [-0.1, -0.05) is 0 Å². The van der Waals surface area contributed by atoms with Crippen LogP contribution in [0.5, 0.6) is 5.88 Å². The Morgan fingerprint density at radius 3 is 2.69 bits per heavy atom. The minimum atomic E-state index is -4.60. The Kier molecular flexibility index (Phi) is 6.97. The van der Waals surface area contributed by atoms with E-state index in [1.807, 2.05) is 24.1 Å². The third-order valence-corrected chi connectivity index (χ3v) is 6.60. The van der Waals surface area contributed by atoms with E-state index in [9.17, 15) is 22.8 Å². The molecule has 2 bridgehead atoms. The number of carbonyl (C=O) groups excluding carboxylic acids is 2. The van der Waals surface area contributed by atoms with Gasteiger partial charge in [-0.3, -0.25) is 15.0 Å². The van der Waals surface area contributed by atoms with Crippen LogP contribution < -0.4 is 25.2 Å². The van der Waals surface area contributed by atoms with Gasteiger partial charge in [-0.05, 0) is 45.4 Å². The number of carbonyl (C=O) groups is 2. The summed E-state index contributed by atoms with van der Waals surface area (Å²) in [6.45, 7) is 6.30. The first kappa shape index (κ1) is 26.9. The number of amides is 3. The molecule has 12 nitrogen and oxygen atoms in total. The number of fused-ring (bicyclic) bond motifs is 4. The van der Waals surface area contributed by atoms with Crippen molar-refractivity contribution < 1.29 is 37.0 Å². The standard InChI is InChI=1S/C24H28F3N7O5/c1-13(24(25,26)27)28-21(35)16-4-5-17-20(29-16)34(14-8-9-33(17)10-14)22(36)30-18-6-7-19(32-31-18)37-11-15-12-38-23(2,3)39-15/h4-7,13-15H,8-12H2,1-3H3,(H,28,35)(H,30,31,36)/t13-,14+,15+/m1/s1. The second kappa shape index (κ2) is 10.1. The summed E-state index contributed by atoms with van der Waals surface area (Å²) in [5, 5.41) is 12.6. The molecule has 0 unspecified atom stereocenters. The van der Waals surface area contributed by atoms with Gasteiger partial charge in [0.15, 0.2) is 17.4 Å². The van der Waals surface area contributed by atoms with Crippen LogP contribution in [0.2, 0.25) is 0 Å². The predicted octanol–water partition coefficient (Wildman–Crippen LogP) is 2.71. The number of pyridine rings is 1. The zero-order valence-corrected chi connectivity index (χ0v) is 21.5. The van der Waals surface area contributed by atoms with E-state index < -0.39 is 29.9 Å². The molecule has 3 aliphatic heterocycles. The Balaban J connectivity index is 1.27. The highest BCUT2D eigenvalue weighted by molar-refractivity contribution is 6.05. The smallest absolute Gasteiger partial charge is 0.408 e. The van der Waals surface area contributed by atoms with Gasteiger partial charge in [-0.2, -0.15) is 13.2 Å². The molecule has 15 heteroatoms. The van der Waals surface area contributed by atoms with Crippen LogP contribution in [0, 0.1) is 0 Å². The lowest BCUT2D eigenvalue weighted by Crippen LogP contribution is -2.49. The van der Waals surface area contributed by atoms with Crippen LogP contribution in [0.4, 0.5) is 35.3 Å². The van der Waals surface area contributed by atoms with E-state index in [2.05, 4.69) is 20.5 Å². The molecule has 2 saturated heterocycles. The molecular weight excluding hydrogens is 523 g/mol. The number of aromatic nitrogens is 3. The molecule has 0 saturated carbocycles. The van der Waals surface area contributed by atoms with Gasteiger partial charge >= 0.3 is 12.2 Å². The fourth-order valence-electron chi connectivity index (χ4n) is 4.61. The topological polar surface area (TPSA) is 131 Å². The summed E-state index contributed by atoms with van der Waals surface area (Å²) >= 11 is 0. The van der Waals surface area contributed by atoms with Gasteiger partial charge in [0, 0.05) is 19.2 Å². The second-order valence-electron chi connectivity index (χ2n) is 9.98. The van der Waals surface area contributed by atoms with Crippen LogP contribution in [0.3, 0.4) is 0 Å². The Hall–Kier alpha value is -3.72. The van der Waals surface area contributed by atoms with Crippen LogP contribution in [-0.4, -0.2) is 83.6 Å². The van der Waals surface area contributed by atoms with Gasteiger partial charge in [0.2, 0.25) is 5.88 Å². The number of nitrogens with one attached hydrogen (secondary N) is 2. The lowest BCUT2D eigenvalue weighted by molar-refractivity contribution is -0.149. The highest BCUT2D eigenvalue weighted by Gasteiger charge is 2.41. The number of urea groups is 1. The molecule has 2 N–H and O–H groups in total. The molecule has 39 heavy (non-hydrogen) atoms. The number of rotatable bonds is 6. The van der Waals surface area contributed by atoms with E-state index in [1.54, 1.807) is 12.1 Å². The van der Waals surface area contributed by atoms with Gasteiger partial charge < -0.3 is 24.4 Å². The Bertz CT molecular complexity index is 1240. The Labute approximate surface area is 221 Å².